The molecule has 0 aromatic rings. The molecule has 0 aromatic carbocycles. The van der Waals surface area contributed by atoms with Crippen LogP contribution in [-0.2, 0) is 33.2 Å². The standard InChI is InChI=1S/C32H64O14/c1-5-26(6-40-8-27(10-42-21-29(2,14-33)15-34)11-43-22-30(3,16-35)17-36)7-41-9-28-12-44-23-31(4,18-37)24-46-32(19-38,20-39)25-45-13-28/h26-28,33-39H,5-25H2,1-4H3. The molecule has 1 saturated heterocycles. The molecule has 0 saturated carbocycles. The Labute approximate surface area is 274 Å². The molecule has 1 rings (SSSR count). The largest absolute Gasteiger partial charge is 0.396 e. The van der Waals surface area contributed by atoms with Crippen molar-refractivity contribution in [3.8, 4) is 0 Å². The molecular formula is C32H64O14. The molecule has 276 valence electrons. The lowest BCUT2D eigenvalue weighted by Crippen LogP contribution is -2.48. The predicted octanol–water partition coefficient (Wildman–Crippen LogP) is -0.921. The fraction of sp³-hybridized carbons (Fsp3) is 1.00. The van der Waals surface area contributed by atoms with Crippen LogP contribution >= 0.6 is 0 Å². The molecule has 0 bridgehead atoms. The average Bonchev–Trinajstić information content (AvgIpc) is 3.11. The first-order valence-corrected chi connectivity index (χ1v) is 16.3. The lowest BCUT2D eigenvalue weighted by molar-refractivity contribution is -0.169. The Kier molecular flexibility index (Phi) is 21.7. The van der Waals surface area contributed by atoms with Gasteiger partial charge in [-0.05, 0) is 6.42 Å². The van der Waals surface area contributed by atoms with Crippen molar-refractivity contribution in [2.75, 3.05) is 132 Å². The van der Waals surface area contributed by atoms with E-state index in [-0.39, 0.29) is 104 Å². The zero-order valence-corrected chi connectivity index (χ0v) is 28.6. The highest BCUT2D eigenvalue weighted by molar-refractivity contribution is 4.83. The van der Waals surface area contributed by atoms with E-state index in [2.05, 4.69) is 6.92 Å². The van der Waals surface area contributed by atoms with Gasteiger partial charge in [0, 0.05) is 34.0 Å². The van der Waals surface area contributed by atoms with Crippen LogP contribution in [0.4, 0.5) is 0 Å². The second-order valence-electron chi connectivity index (χ2n) is 14.2. The van der Waals surface area contributed by atoms with Gasteiger partial charge in [-0.15, -0.1) is 0 Å². The van der Waals surface area contributed by atoms with Crippen LogP contribution in [0.5, 0.6) is 0 Å². The Hall–Kier alpha value is -0.560. The van der Waals surface area contributed by atoms with Crippen molar-refractivity contribution in [2.24, 2.45) is 34.0 Å². The number of ether oxygens (including phenoxy) is 7. The minimum atomic E-state index is -1.28. The Morgan fingerprint density at radius 1 is 0.652 bits per heavy atom. The van der Waals surface area contributed by atoms with E-state index in [1.165, 1.54) is 0 Å². The minimum absolute atomic E-state index is 0.0174. The summed E-state index contributed by atoms with van der Waals surface area (Å²) in [4.78, 5) is 0. The highest BCUT2D eigenvalue weighted by Gasteiger charge is 2.36. The summed E-state index contributed by atoms with van der Waals surface area (Å²) in [6.45, 7) is 8.73. The molecule has 1 aliphatic rings. The Bertz CT molecular complexity index is 722. The van der Waals surface area contributed by atoms with Gasteiger partial charge < -0.3 is 68.9 Å². The van der Waals surface area contributed by atoms with Gasteiger partial charge in [0.05, 0.1) is 132 Å². The van der Waals surface area contributed by atoms with E-state index in [9.17, 15) is 35.7 Å². The molecule has 0 spiro atoms. The summed E-state index contributed by atoms with van der Waals surface area (Å²) in [7, 11) is 0. The topological polar surface area (TPSA) is 206 Å². The molecule has 7 N–H and O–H groups in total. The summed E-state index contributed by atoms with van der Waals surface area (Å²) in [5, 5.41) is 67.9. The van der Waals surface area contributed by atoms with Crippen LogP contribution in [0, 0.1) is 34.0 Å². The molecule has 1 aliphatic heterocycles. The summed E-state index contributed by atoms with van der Waals surface area (Å²) >= 11 is 0. The number of hydrogen-bond acceptors (Lipinski definition) is 14. The van der Waals surface area contributed by atoms with Crippen LogP contribution in [0.15, 0.2) is 0 Å². The second-order valence-corrected chi connectivity index (χ2v) is 14.2. The monoisotopic (exact) mass is 672 g/mol. The summed E-state index contributed by atoms with van der Waals surface area (Å²) < 4.78 is 41.3. The first kappa shape index (κ1) is 43.5. The van der Waals surface area contributed by atoms with Crippen molar-refractivity contribution < 1.29 is 68.9 Å². The van der Waals surface area contributed by atoms with Gasteiger partial charge in [0.15, 0.2) is 0 Å². The van der Waals surface area contributed by atoms with Gasteiger partial charge in [0.2, 0.25) is 0 Å². The lowest BCUT2D eigenvalue weighted by atomic mass is 9.93. The van der Waals surface area contributed by atoms with Gasteiger partial charge in [-0.3, -0.25) is 0 Å². The quantitative estimate of drug-likeness (QED) is 0.0663. The fourth-order valence-corrected chi connectivity index (χ4v) is 4.22. The number of aliphatic hydroxyl groups excluding tert-OH is 7. The van der Waals surface area contributed by atoms with Crippen LogP contribution in [-0.4, -0.2) is 173 Å². The van der Waals surface area contributed by atoms with Crippen molar-refractivity contribution in [3.05, 3.63) is 0 Å². The van der Waals surface area contributed by atoms with Crippen molar-refractivity contribution >= 4 is 0 Å². The number of hydrogen-bond donors (Lipinski definition) is 7. The van der Waals surface area contributed by atoms with Crippen molar-refractivity contribution in [3.63, 3.8) is 0 Å². The van der Waals surface area contributed by atoms with Crippen LogP contribution < -0.4 is 0 Å². The molecule has 1 fully saturated rings. The first-order chi connectivity index (χ1) is 21.9. The molecule has 14 heteroatoms. The van der Waals surface area contributed by atoms with Crippen molar-refractivity contribution in [1.29, 1.82) is 0 Å². The Balaban J connectivity index is 2.66. The maximum atomic E-state index is 9.90. The van der Waals surface area contributed by atoms with E-state index in [0.717, 1.165) is 6.42 Å². The van der Waals surface area contributed by atoms with E-state index in [1.807, 2.05) is 6.92 Å². The zero-order chi connectivity index (χ0) is 34.5. The molecule has 14 nitrogen and oxygen atoms in total. The minimum Gasteiger partial charge on any atom is -0.396 e. The van der Waals surface area contributed by atoms with Crippen LogP contribution in [0.25, 0.3) is 0 Å². The SMILES string of the molecule is CCC(COCC(COCC(C)(CO)CO)COCC(C)(CO)CO)COCC1COCC(C)(CO)COC(CO)(CO)COC1. The third-order valence-corrected chi connectivity index (χ3v) is 8.33. The Morgan fingerprint density at radius 2 is 1.13 bits per heavy atom. The number of aliphatic hydroxyl groups is 7. The Morgan fingerprint density at radius 3 is 1.61 bits per heavy atom. The van der Waals surface area contributed by atoms with Crippen LogP contribution in [0.1, 0.15) is 34.1 Å². The summed E-state index contributed by atoms with van der Waals surface area (Å²) in [5.74, 6) is -0.185. The normalized spacial score (nSPS) is 22.6. The molecule has 46 heavy (non-hydrogen) atoms. The van der Waals surface area contributed by atoms with Crippen molar-refractivity contribution in [2.45, 2.75) is 39.7 Å². The maximum absolute atomic E-state index is 9.90. The smallest absolute Gasteiger partial charge is 0.137 e. The van der Waals surface area contributed by atoms with Crippen LogP contribution in [0.3, 0.4) is 0 Å². The highest BCUT2D eigenvalue weighted by atomic mass is 16.6. The summed E-state index contributed by atoms with van der Waals surface area (Å²) in [6.07, 6.45) is 0.813. The summed E-state index contributed by atoms with van der Waals surface area (Å²) in [6, 6.07) is 0. The molecule has 0 aliphatic carbocycles. The maximum Gasteiger partial charge on any atom is 0.137 e. The zero-order valence-electron chi connectivity index (χ0n) is 28.6. The third-order valence-electron chi connectivity index (χ3n) is 8.33. The van der Waals surface area contributed by atoms with E-state index in [4.69, 9.17) is 33.2 Å². The van der Waals surface area contributed by atoms with E-state index in [0.29, 0.717) is 33.0 Å². The van der Waals surface area contributed by atoms with E-state index < -0.39 is 35.1 Å². The van der Waals surface area contributed by atoms with Gasteiger partial charge in [0.1, 0.15) is 5.60 Å². The first-order valence-electron chi connectivity index (χ1n) is 16.3. The average molecular weight is 673 g/mol. The molecule has 0 radical (unpaired) electrons. The molecular weight excluding hydrogens is 608 g/mol. The van der Waals surface area contributed by atoms with E-state index >= 15 is 0 Å². The van der Waals surface area contributed by atoms with Gasteiger partial charge >= 0.3 is 0 Å². The molecule has 3 atom stereocenters. The van der Waals surface area contributed by atoms with Gasteiger partial charge in [-0.25, -0.2) is 0 Å². The summed E-state index contributed by atoms with van der Waals surface area (Å²) in [5.41, 5.74) is -3.51. The third kappa shape index (κ3) is 16.2. The second kappa shape index (κ2) is 23.0. The number of rotatable bonds is 24. The van der Waals surface area contributed by atoms with Crippen LogP contribution in [0.2, 0.25) is 0 Å². The van der Waals surface area contributed by atoms with Gasteiger partial charge in [0.25, 0.3) is 0 Å². The van der Waals surface area contributed by atoms with Gasteiger partial charge in [-0.1, -0.05) is 27.7 Å². The van der Waals surface area contributed by atoms with Crippen molar-refractivity contribution in [1.82, 2.24) is 0 Å². The van der Waals surface area contributed by atoms with Gasteiger partial charge in [-0.2, -0.15) is 0 Å². The fourth-order valence-electron chi connectivity index (χ4n) is 4.22. The molecule has 0 amide bonds. The molecule has 3 unspecified atom stereocenters. The van der Waals surface area contributed by atoms with E-state index in [1.54, 1.807) is 13.8 Å². The highest BCUT2D eigenvalue weighted by Crippen LogP contribution is 2.23. The predicted molar refractivity (Wildman–Crippen MR) is 168 cm³/mol. The molecule has 1 heterocycles. The lowest BCUT2D eigenvalue weighted by Gasteiger charge is -2.34. The molecule has 0 aromatic heterocycles.